The molecule has 30 heavy (non-hydrogen) atoms. The molecule has 3 rings (SSSR count). The van der Waals surface area contributed by atoms with Crippen LogP contribution >= 0.6 is 0 Å². The number of rotatable bonds is 4. The van der Waals surface area contributed by atoms with E-state index < -0.39 is 17.4 Å². The molecular formula is C20H37N5O5. The van der Waals surface area contributed by atoms with Crippen LogP contribution in [0.4, 0.5) is 9.59 Å². The van der Waals surface area contributed by atoms with Gasteiger partial charge in [0.25, 0.3) is 0 Å². The number of carbonyl (C=O) groups excluding carboxylic acids is 2. The summed E-state index contributed by atoms with van der Waals surface area (Å²) in [6.45, 7) is 16.4. The second kappa shape index (κ2) is 7.51. The van der Waals surface area contributed by atoms with E-state index >= 15 is 0 Å². The normalized spacial score (nSPS) is 35.8. The molecule has 3 fully saturated rings. The third-order valence-corrected chi connectivity index (χ3v) is 5.28. The molecule has 0 aromatic rings. The zero-order valence-electron chi connectivity index (χ0n) is 19.3. The van der Waals surface area contributed by atoms with Crippen LogP contribution in [-0.4, -0.2) is 77.6 Å². The highest BCUT2D eigenvalue weighted by Crippen LogP contribution is 2.48. The van der Waals surface area contributed by atoms with Crippen LogP contribution in [0.3, 0.4) is 0 Å². The summed E-state index contributed by atoms with van der Waals surface area (Å²) in [4.78, 5) is 26.5. The van der Waals surface area contributed by atoms with Crippen molar-refractivity contribution in [2.75, 3.05) is 19.7 Å². The van der Waals surface area contributed by atoms with Crippen molar-refractivity contribution in [1.29, 1.82) is 0 Å². The largest absolute Gasteiger partial charge is 0.356 e. The fraction of sp³-hybridized carbons (Fsp3) is 0.900. The summed E-state index contributed by atoms with van der Waals surface area (Å²) in [6, 6.07) is -0.512. The van der Waals surface area contributed by atoms with Crippen molar-refractivity contribution >= 4 is 12.1 Å². The lowest BCUT2D eigenvalue weighted by Crippen LogP contribution is -2.55. The number of hydrogen-bond acceptors (Lipinski definition) is 6. The predicted octanol–water partition coefficient (Wildman–Crippen LogP) is 1.07. The van der Waals surface area contributed by atoms with Gasteiger partial charge in [0.15, 0.2) is 0 Å². The molecule has 3 aliphatic rings. The standard InChI is InChI=1S/C20H37N5O5/c1-17(2,3)23-15(26)21-10-19(7)13-25-12(9-28-13)29-20(8,14(25)30-19)11-22-16(27)24-18(4,5)6/h12-14H,9-11H2,1-8H3,(H2,21,23,26)(H2,22,24,27)/t12-,13-,14-,19-,20-/m1/s1. The highest BCUT2D eigenvalue weighted by Gasteiger charge is 2.67. The summed E-state index contributed by atoms with van der Waals surface area (Å²) < 4.78 is 18.6. The quantitative estimate of drug-likeness (QED) is 0.534. The van der Waals surface area contributed by atoms with Gasteiger partial charge in [-0.3, -0.25) is 0 Å². The van der Waals surface area contributed by atoms with Crippen LogP contribution in [0.2, 0.25) is 0 Å². The van der Waals surface area contributed by atoms with Crippen LogP contribution in [0.5, 0.6) is 0 Å². The molecule has 4 amide bonds. The van der Waals surface area contributed by atoms with E-state index in [1.165, 1.54) is 0 Å². The number of ether oxygens (including phenoxy) is 3. The number of hydrogen-bond donors (Lipinski definition) is 4. The molecule has 0 aliphatic carbocycles. The van der Waals surface area contributed by atoms with Crippen LogP contribution in [0.1, 0.15) is 55.4 Å². The van der Waals surface area contributed by atoms with Gasteiger partial charge in [-0.15, -0.1) is 0 Å². The zero-order chi connectivity index (χ0) is 22.5. The van der Waals surface area contributed by atoms with Gasteiger partial charge in [-0.1, -0.05) is 0 Å². The minimum atomic E-state index is -0.743. The van der Waals surface area contributed by atoms with Crippen molar-refractivity contribution in [3.8, 4) is 0 Å². The summed E-state index contributed by atoms with van der Waals surface area (Å²) >= 11 is 0. The second-order valence-corrected chi connectivity index (χ2v) is 10.9. The lowest BCUT2D eigenvalue weighted by Gasteiger charge is -2.33. The Morgan fingerprint density at radius 3 is 1.80 bits per heavy atom. The van der Waals surface area contributed by atoms with E-state index in [9.17, 15) is 9.59 Å². The van der Waals surface area contributed by atoms with Crippen molar-refractivity contribution in [1.82, 2.24) is 26.2 Å². The summed E-state index contributed by atoms with van der Waals surface area (Å²) in [5.74, 6) is 0. The van der Waals surface area contributed by atoms with Gasteiger partial charge in [0.1, 0.15) is 29.9 Å². The molecule has 3 aliphatic heterocycles. The van der Waals surface area contributed by atoms with Gasteiger partial charge in [-0.2, -0.15) is 0 Å². The smallest absolute Gasteiger partial charge is 0.315 e. The Bertz CT molecular complexity index is 658. The lowest BCUT2D eigenvalue weighted by molar-refractivity contribution is -0.126. The van der Waals surface area contributed by atoms with Crippen LogP contribution in [0.15, 0.2) is 0 Å². The van der Waals surface area contributed by atoms with E-state index in [1.54, 1.807) is 0 Å². The van der Waals surface area contributed by atoms with E-state index in [0.717, 1.165) is 0 Å². The molecule has 172 valence electrons. The van der Waals surface area contributed by atoms with Gasteiger partial charge in [-0.05, 0) is 55.4 Å². The molecule has 3 saturated heterocycles. The molecule has 4 N–H and O–H groups in total. The molecule has 0 bridgehead atoms. The van der Waals surface area contributed by atoms with E-state index in [1.807, 2.05) is 55.4 Å². The fourth-order valence-corrected chi connectivity index (χ4v) is 4.08. The summed E-state index contributed by atoms with van der Waals surface area (Å²) in [5.41, 5.74) is -2.15. The van der Waals surface area contributed by atoms with Crippen LogP contribution in [0, 0.1) is 0 Å². The van der Waals surface area contributed by atoms with Gasteiger partial charge < -0.3 is 35.5 Å². The third-order valence-electron chi connectivity index (χ3n) is 5.28. The fourth-order valence-electron chi connectivity index (χ4n) is 4.08. The van der Waals surface area contributed by atoms with Gasteiger partial charge in [0.2, 0.25) is 0 Å². The predicted molar refractivity (Wildman–Crippen MR) is 111 cm³/mol. The summed E-state index contributed by atoms with van der Waals surface area (Å²) in [6.07, 6.45) is -0.988. The highest BCUT2D eigenvalue weighted by atomic mass is 16.7. The first-order chi connectivity index (χ1) is 13.6. The van der Waals surface area contributed by atoms with Gasteiger partial charge in [-0.25, -0.2) is 14.5 Å². The summed E-state index contributed by atoms with van der Waals surface area (Å²) in [7, 11) is 0. The van der Waals surface area contributed by atoms with Gasteiger partial charge in [0.05, 0.1) is 19.7 Å². The summed E-state index contributed by atoms with van der Waals surface area (Å²) in [5, 5.41) is 11.6. The second-order valence-electron chi connectivity index (χ2n) is 10.9. The number of nitrogens with zero attached hydrogens (tertiary/aromatic N) is 1. The Morgan fingerprint density at radius 2 is 1.33 bits per heavy atom. The molecule has 10 nitrogen and oxygen atoms in total. The SMILES string of the molecule is CC(C)(C)NC(=O)NC[C@@]1(C)O[C@@H]2CO[C@H]3N2[C@@H]1O[C@]3(C)CNC(=O)NC(C)(C)C. The zero-order valence-corrected chi connectivity index (χ0v) is 19.3. The average molecular weight is 428 g/mol. The molecule has 0 aromatic heterocycles. The maximum atomic E-state index is 12.2. The number of carbonyl (C=O) groups is 2. The molecule has 0 saturated carbocycles. The molecular weight excluding hydrogens is 390 g/mol. The van der Waals surface area contributed by atoms with Crippen LogP contribution in [0.25, 0.3) is 0 Å². The van der Waals surface area contributed by atoms with Crippen molar-refractivity contribution in [3.63, 3.8) is 0 Å². The van der Waals surface area contributed by atoms with Crippen molar-refractivity contribution < 1.29 is 23.8 Å². The highest BCUT2D eigenvalue weighted by molar-refractivity contribution is 5.75. The first kappa shape index (κ1) is 23.1. The Kier molecular flexibility index (Phi) is 5.77. The number of amides is 4. The Labute approximate surface area is 178 Å². The minimum Gasteiger partial charge on any atom is -0.356 e. The molecule has 0 aromatic carbocycles. The lowest BCUT2D eigenvalue weighted by atomic mass is 10.1. The Hall–Kier alpha value is -1.62. The number of nitrogens with one attached hydrogen (secondary N) is 4. The molecule has 3 heterocycles. The van der Waals surface area contributed by atoms with Crippen LogP contribution < -0.4 is 21.3 Å². The Balaban J connectivity index is 1.64. The topological polar surface area (TPSA) is 113 Å². The molecule has 5 atom stereocenters. The van der Waals surface area contributed by atoms with Crippen molar-refractivity contribution in [2.45, 2.75) is 96.4 Å². The van der Waals surface area contributed by atoms with Crippen LogP contribution in [-0.2, 0) is 14.2 Å². The van der Waals surface area contributed by atoms with Crippen molar-refractivity contribution in [3.05, 3.63) is 0 Å². The van der Waals surface area contributed by atoms with E-state index in [2.05, 4.69) is 26.2 Å². The first-order valence-corrected chi connectivity index (χ1v) is 10.5. The van der Waals surface area contributed by atoms with Crippen molar-refractivity contribution in [2.24, 2.45) is 0 Å². The molecule has 0 unspecified atom stereocenters. The van der Waals surface area contributed by atoms with E-state index in [4.69, 9.17) is 14.2 Å². The Morgan fingerprint density at radius 1 is 0.867 bits per heavy atom. The first-order valence-electron chi connectivity index (χ1n) is 10.5. The van der Waals surface area contributed by atoms with Gasteiger partial charge >= 0.3 is 12.1 Å². The van der Waals surface area contributed by atoms with E-state index in [-0.39, 0.29) is 48.7 Å². The monoisotopic (exact) mass is 427 g/mol. The average Bonchev–Trinajstić information content (AvgIpc) is 3.17. The van der Waals surface area contributed by atoms with Gasteiger partial charge in [0, 0.05) is 11.1 Å². The van der Waals surface area contributed by atoms with E-state index in [0.29, 0.717) is 6.61 Å². The number of urea groups is 2. The molecule has 0 radical (unpaired) electrons. The third kappa shape index (κ3) is 4.82. The molecule has 10 heteroatoms. The minimum absolute atomic E-state index is 0.247. The maximum Gasteiger partial charge on any atom is 0.315 e. The molecule has 0 spiro atoms. The maximum absolute atomic E-state index is 12.2.